The first kappa shape index (κ1) is 21.6. The molecule has 0 radical (unpaired) electrons. The molecule has 2 N–H and O–H groups in total. The fourth-order valence-electron chi connectivity index (χ4n) is 4.14. The maximum atomic E-state index is 9.80. The normalized spacial score (nSPS) is 16.3. The van der Waals surface area contributed by atoms with E-state index < -0.39 is 6.10 Å². The summed E-state index contributed by atoms with van der Waals surface area (Å²) in [6.07, 6.45) is 2.30. The van der Waals surface area contributed by atoms with E-state index in [1.807, 2.05) is 24.5 Å². The molecule has 0 saturated carbocycles. The molecule has 0 amide bonds. The Kier molecular flexibility index (Phi) is 5.57. The molecular weight excluding hydrogens is 440 g/mol. The summed E-state index contributed by atoms with van der Waals surface area (Å²) in [4.78, 5) is 15.7. The molecule has 4 heterocycles. The van der Waals surface area contributed by atoms with Crippen LogP contribution >= 0.6 is 23.1 Å². The van der Waals surface area contributed by atoms with Gasteiger partial charge in [-0.3, -0.25) is 0 Å². The Morgan fingerprint density at radius 1 is 1.19 bits per heavy atom. The minimum atomic E-state index is -0.472. The van der Waals surface area contributed by atoms with Gasteiger partial charge < -0.3 is 15.2 Å². The lowest BCUT2D eigenvalue weighted by Crippen LogP contribution is -2.32. The molecule has 1 aliphatic rings. The Morgan fingerprint density at radius 3 is 2.69 bits per heavy atom. The highest BCUT2D eigenvalue weighted by Crippen LogP contribution is 2.44. The third-order valence-electron chi connectivity index (χ3n) is 5.66. The predicted molar refractivity (Wildman–Crippen MR) is 133 cm³/mol. The van der Waals surface area contributed by atoms with E-state index in [2.05, 4.69) is 31.3 Å². The van der Waals surface area contributed by atoms with Crippen molar-refractivity contribution >= 4 is 49.3 Å². The number of hydrogen-bond acceptors (Lipinski definition) is 8. The van der Waals surface area contributed by atoms with Gasteiger partial charge in [0.05, 0.1) is 34.2 Å². The number of fused-ring (bicyclic) bond motifs is 5. The van der Waals surface area contributed by atoms with E-state index in [0.29, 0.717) is 18.3 Å². The second-order valence-corrected chi connectivity index (χ2v) is 10.5. The number of pyridine rings is 1. The van der Waals surface area contributed by atoms with Crippen LogP contribution in [0.4, 0.5) is 5.82 Å². The minimum absolute atomic E-state index is 0.258. The number of hydrogen-bond donors (Lipinski definition) is 2. The third kappa shape index (κ3) is 3.85. The quantitative estimate of drug-likeness (QED) is 0.306. The van der Waals surface area contributed by atoms with Crippen molar-refractivity contribution in [3.63, 3.8) is 0 Å². The molecule has 0 bridgehead atoms. The molecule has 1 aromatic carbocycles. The second-order valence-electron chi connectivity index (χ2n) is 8.76. The first-order valence-corrected chi connectivity index (χ1v) is 12.7. The highest BCUT2D eigenvalue weighted by Gasteiger charge is 2.32. The molecule has 1 aliphatic heterocycles. The van der Waals surface area contributed by atoms with Gasteiger partial charge in [0.1, 0.15) is 10.6 Å². The fraction of sp³-hybridized carbons (Fsp3) is 0.375. The summed E-state index contributed by atoms with van der Waals surface area (Å²) in [6.45, 7) is 6.99. The molecule has 6 nitrogen and oxygen atoms in total. The molecule has 32 heavy (non-hydrogen) atoms. The standard InChI is InChI=1S/C24H26N4O2S2/c1-13(29)11-25-21-20-19(27-23(28-21)31-4)17-15-10-24(2,3)30-12-16(15)18(26-22(17)32-20)14-8-6-5-7-9-14/h5-9,13,29H,10-12H2,1-4H3,(H,25,27,28)/t13-/m0/s1. The van der Waals surface area contributed by atoms with Crippen LogP contribution in [0.15, 0.2) is 35.5 Å². The lowest BCUT2D eigenvalue weighted by Gasteiger charge is -2.33. The van der Waals surface area contributed by atoms with E-state index in [-0.39, 0.29) is 5.60 Å². The number of rotatable bonds is 5. The zero-order chi connectivity index (χ0) is 22.5. The van der Waals surface area contributed by atoms with Gasteiger partial charge >= 0.3 is 0 Å². The van der Waals surface area contributed by atoms with Crippen LogP contribution in [0.2, 0.25) is 0 Å². The van der Waals surface area contributed by atoms with Crippen molar-refractivity contribution in [1.82, 2.24) is 15.0 Å². The van der Waals surface area contributed by atoms with Gasteiger partial charge in [0.25, 0.3) is 0 Å². The van der Waals surface area contributed by atoms with E-state index in [4.69, 9.17) is 19.7 Å². The van der Waals surface area contributed by atoms with Crippen molar-refractivity contribution in [2.24, 2.45) is 0 Å². The topological polar surface area (TPSA) is 80.2 Å². The summed E-state index contributed by atoms with van der Waals surface area (Å²) in [5.74, 6) is 0.754. The van der Waals surface area contributed by atoms with Crippen molar-refractivity contribution in [1.29, 1.82) is 0 Å². The van der Waals surface area contributed by atoms with Gasteiger partial charge in [0.15, 0.2) is 5.16 Å². The number of ether oxygens (including phenoxy) is 1. The van der Waals surface area contributed by atoms with E-state index in [1.165, 1.54) is 17.3 Å². The molecule has 8 heteroatoms. The fourth-order valence-corrected chi connectivity index (χ4v) is 5.62. The number of benzene rings is 1. The Bertz CT molecular complexity index is 1300. The number of thiophene rings is 1. The summed E-state index contributed by atoms with van der Waals surface area (Å²) >= 11 is 3.13. The molecule has 4 aromatic rings. The molecule has 5 rings (SSSR count). The number of aliphatic hydroxyl groups excluding tert-OH is 1. The van der Waals surface area contributed by atoms with E-state index >= 15 is 0 Å². The van der Waals surface area contributed by atoms with Crippen LogP contribution in [0.3, 0.4) is 0 Å². The summed E-state index contributed by atoms with van der Waals surface area (Å²) in [5, 5.41) is 14.9. The van der Waals surface area contributed by atoms with Gasteiger partial charge in [-0.05, 0) is 32.6 Å². The van der Waals surface area contributed by atoms with E-state index in [9.17, 15) is 5.11 Å². The molecule has 0 saturated heterocycles. The minimum Gasteiger partial charge on any atom is -0.392 e. The molecule has 0 spiro atoms. The molecule has 0 unspecified atom stereocenters. The number of aliphatic hydroxyl groups is 1. The van der Waals surface area contributed by atoms with E-state index in [1.54, 1.807) is 18.3 Å². The summed E-state index contributed by atoms with van der Waals surface area (Å²) in [6, 6.07) is 10.3. The van der Waals surface area contributed by atoms with Crippen LogP contribution in [0.1, 0.15) is 31.9 Å². The summed E-state index contributed by atoms with van der Waals surface area (Å²) in [5.41, 5.74) is 5.15. The summed E-state index contributed by atoms with van der Waals surface area (Å²) in [7, 11) is 0. The number of nitrogens with zero attached hydrogens (tertiary/aromatic N) is 3. The Morgan fingerprint density at radius 2 is 1.97 bits per heavy atom. The van der Waals surface area contributed by atoms with Crippen LogP contribution < -0.4 is 5.32 Å². The lowest BCUT2D eigenvalue weighted by atomic mass is 9.88. The average Bonchev–Trinajstić information content (AvgIpc) is 3.15. The van der Waals surface area contributed by atoms with Gasteiger partial charge in [-0.1, -0.05) is 42.1 Å². The van der Waals surface area contributed by atoms with Crippen LogP contribution in [0.5, 0.6) is 0 Å². The first-order chi connectivity index (χ1) is 15.4. The van der Waals surface area contributed by atoms with Crippen LogP contribution in [0.25, 0.3) is 31.7 Å². The molecular formula is C24H26N4O2S2. The molecule has 1 atom stereocenters. The van der Waals surface area contributed by atoms with Gasteiger partial charge in [-0.15, -0.1) is 11.3 Å². The van der Waals surface area contributed by atoms with Gasteiger partial charge in [-0.2, -0.15) is 0 Å². The first-order valence-electron chi connectivity index (χ1n) is 10.7. The SMILES string of the molecule is CSc1nc(NC[C@H](C)O)c2sc3nc(-c4ccccc4)c4c(c3c2n1)CC(C)(C)OC4. The molecule has 0 fully saturated rings. The number of anilines is 1. The van der Waals surface area contributed by atoms with Gasteiger partial charge in [0.2, 0.25) is 0 Å². The zero-order valence-electron chi connectivity index (χ0n) is 18.6. The highest BCUT2D eigenvalue weighted by molar-refractivity contribution is 7.98. The van der Waals surface area contributed by atoms with Gasteiger partial charge in [0, 0.05) is 29.5 Å². The van der Waals surface area contributed by atoms with Crippen LogP contribution in [-0.4, -0.2) is 44.6 Å². The molecule has 3 aromatic heterocycles. The Balaban J connectivity index is 1.83. The molecule has 0 aliphatic carbocycles. The van der Waals surface area contributed by atoms with Crippen molar-refractivity contribution in [3.8, 4) is 11.3 Å². The number of nitrogens with one attached hydrogen (secondary N) is 1. The third-order valence-corrected chi connectivity index (χ3v) is 7.29. The smallest absolute Gasteiger partial charge is 0.189 e. The maximum Gasteiger partial charge on any atom is 0.189 e. The Labute approximate surface area is 195 Å². The summed E-state index contributed by atoms with van der Waals surface area (Å²) < 4.78 is 7.19. The van der Waals surface area contributed by atoms with E-state index in [0.717, 1.165) is 49.5 Å². The van der Waals surface area contributed by atoms with Gasteiger partial charge in [-0.25, -0.2) is 15.0 Å². The average molecular weight is 467 g/mol. The number of aromatic nitrogens is 3. The second kappa shape index (κ2) is 8.26. The maximum absolute atomic E-state index is 9.80. The Hall–Kier alpha value is -2.26. The zero-order valence-corrected chi connectivity index (χ0v) is 20.2. The highest BCUT2D eigenvalue weighted by atomic mass is 32.2. The van der Waals surface area contributed by atoms with Crippen LogP contribution in [0, 0.1) is 0 Å². The largest absolute Gasteiger partial charge is 0.392 e. The lowest BCUT2D eigenvalue weighted by molar-refractivity contribution is -0.0394. The van der Waals surface area contributed by atoms with Crippen LogP contribution in [-0.2, 0) is 17.8 Å². The molecule has 166 valence electrons. The number of thioether (sulfide) groups is 1. The van der Waals surface area contributed by atoms with Crippen molar-refractivity contribution in [2.75, 3.05) is 18.1 Å². The van der Waals surface area contributed by atoms with Crippen molar-refractivity contribution < 1.29 is 9.84 Å². The monoisotopic (exact) mass is 466 g/mol. The predicted octanol–water partition coefficient (Wildman–Crippen LogP) is 5.27. The van der Waals surface area contributed by atoms with Crippen molar-refractivity contribution in [2.45, 2.75) is 50.7 Å². The van der Waals surface area contributed by atoms with Crippen molar-refractivity contribution in [3.05, 3.63) is 41.5 Å².